The quantitative estimate of drug-likeness (QED) is 0.0261. The third kappa shape index (κ3) is 14.5. The number of benzene rings is 3. The maximum atomic E-state index is 14.5. The first-order valence-electron chi connectivity index (χ1n) is 22.1. The first kappa shape index (κ1) is 49.5. The van der Waals surface area contributed by atoms with Crippen molar-refractivity contribution < 1.29 is 33.6 Å². The molecule has 18 heteroatoms. The molecule has 0 saturated carbocycles. The van der Waals surface area contributed by atoms with Crippen LogP contribution < -0.4 is 43.4 Å². The van der Waals surface area contributed by atoms with Gasteiger partial charge in [-0.05, 0) is 54.0 Å². The average Bonchev–Trinajstić information content (AvgIpc) is 3.89. The molecule has 2 heterocycles. The summed E-state index contributed by atoms with van der Waals surface area (Å²) in [6, 6.07) is 18.1. The number of carbonyl (C=O) groups is 7. The van der Waals surface area contributed by atoms with Crippen LogP contribution in [0, 0.1) is 5.92 Å². The normalized spacial score (nSPS) is 13.4. The lowest BCUT2D eigenvalue weighted by molar-refractivity contribution is -0.136. The van der Waals surface area contributed by atoms with Crippen molar-refractivity contribution in [1.29, 1.82) is 0 Å². The third-order valence-electron chi connectivity index (χ3n) is 10.9. The predicted molar refractivity (Wildman–Crippen MR) is 252 cm³/mol. The van der Waals surface area contributed by atoms with Crippen molar-refractivity contribution in [2.45, 2.75) is 103 Å². The number of aromatic nitrogens is 2. The Hall–Kier alpha value is -7.50. The van der Waals surface area contributed by atoms with Crippen LogP contribution in [-0.4, -0.2) is 94.0 Å². The molecule has 0 aliphatic heterocycles. The van der Waals surface area contributed by atoms with Crippen LogP contribution in [0.4, 0.5) is 0 Å². The van der Waals surface area contributed by atoms with E-state index in [9.17, 15) is 33.6 Å². The van der Waals surface area contributed by atoms with Gasteiger partial charge in [0.1, 0.15) is 30.2 Å². The van der Waals surface area contributed by atoms with E-state index in [1.165, 1.54) is 6.92 Å². The first-order chi connectivity index (χ1) is 31.6. The Labute approximate surface area is 383 Å². The van der Waals surface area contributed by atoms with Gasteiger partial charge in [-0.15, -0.1) is 0 Å². The Balaban J connectivity index is 1.41. The molecule has 5 aromatic rings. The summed E-state index contributed by atoms with van der Waals surface area (Å²) in [7, 11) is 0. The fourth-order valence-corrected chi connectivity index (χ4v) is 7.64. The SMILES string of the molecule is CCC(=O)NC(=O)[C@H](Cc1c[nH]c2ccccc12)NC(=O)[C@H](CCCN=C(N)N)NC(=O)[C@H](CC(C)C)NC(=O)[C@H](Cc1c[nH]c2ccccc12)NC(=O)[C@@H](Cc1ccccc1)NC(C)=O. The van der Waals surface area contributed by atoms with Crippen molar-refractivity contribution in [3.63, 3.8) is 0 Å². The van der Waals surface area contributed by atoms with Crippen LogP contribution in [0.2, 0.25) is 0 Å². The molecule has 5 rings (SSSR count). The van der Waals surface area contributed by atoms with Crippen molar-refractivity contribution in [1.82, 2.24) is 41.9 Å². The molecule has 0 unspecified atom stereocenters. The molecule has 66 heavy (non-hydrogen) atoms. The molecule has 0 aliphatic carbocycles. The fraction of sp³-hybridized carbons (Fsp3) is 0.375. The topological polar surface area (TPSA) is 288 Å². The minimum absolute atomic E-state index is 0.0109. The lowest BCUT2D eigenvalue weighted by Crippen LogP contribution is -2.60. The van der Waals surface area contributed by atoms with Gasteiger partial charge in [-0.3, -0.25) is 43.9 Å². The van der Waals surface area contributed by atoms with E-state index >= 15 is 0 Å². The van der Waals surface area contributed by atoms with Gasteiger partial charge in [-0.25, -0.2) is 0 Å². The summed E-state index contributed by atoms with van der Waals surface area (Å²) in [6.07, 6.45) is 4.09. The van der Waals surface area contributed by atoms with Crippen molar-refractivity contribution >= 4 is 69.1 Å². The number of guanidine groups is 1. The molecule has 3 aromatic carbocycles. The van der Waals surface area contributed by atoms with Gasteiger partial charge in [0.2, 0.25) is 41.4 Å². The van der Waals surface area contributed by atoms with Crippen LogP contribution in [0.5, 0.6) is 0 Å². The van der Waals surface area contributed by atoms with Gasteiger partial charge in [-0.2, -0.15) is 0 Å². The van der Waals surface area contributed by atoms with Gasteiger partial charge in [0.25, 0.3) is 0 Å². The molecule has 0 saturated heterocycles. The Kier molecular flexibility index (Phi) is 18.0. The number of nitrogens with two attached hydrogens (primary N) is 2. The van der Waals surface area contributed by atoms with Gasteiger partial charge in [-0.1, -0.05) is 87.5 Å². The highest BCUT2D eigenvalue weighted by atomic mass is 16.2. The maximum Gasteiger partial charge on any atom is 0.249 e. The van der Waals surface area contributed by atoms with Gasteiger partial charge in [0, 0.05) is 73.4 Å². The molecular formula is C48H61N11O7. The number of amides is 7. The summed E-state index contributed by atoms with van der Waals surface area (Å²) >= 11 is 0. The smallest absolute Gasteiger partial charge is 0.249 e. The number of fused-ring (bicyclic) bond motifs is 2. The van der Waals surface area contributed by atoms with Crippen molar-refractivity contribution in [3.05, 3.63) is 108 Å². The Morgan fingerprint density at radius 3 is 1.59 bits per heavy atom. The molecule has 0 fully saturated rings. The van der Waals surface area contributed by atoms with Crippen LogP contribution >= 0.6 is 0 Å². The van der Waals surface area contributed by atoms with Crippen molar-refractivity contribution in [2.75, 3.05) is 6.54 Å². The van der Waals surface area contributed by atoms with E-state index in [0.717, 1.165) is 32.9 Å². The van der Waals surface area contributed by atoms with Crippen LogP contribution in [0.3, 0.4) is 0 Å². The van der Waals surface area contributed by atoms with Crippen LogP contribution in [0.1, 0.15) is 70.1 Å². The summed E-state index contributed by atoms with van der Waals surface area (Å²) in [5.74, 6) is -4.70. The van der Waals surface area contributed by atoms with E-state index in [-0.39, 0.29) is 63.4 Å². The molecule has 5 atom stereocenters. The van der Waals surface area contributed by atoms with Gasteiger partial charge in [0.15, 0.2) is 5.96 Å². The second-order valence-corrected chi connectivity index (χ2v) is 16.7. The van der Waals surface area contributed by atoms with Gasteiger partial charge in [0.05, 0.1) is 0 Å². The number of imide groups is 1. The van der Waals surface area contributed by atoms with Crippen LogP contribution in [0.25, 0.3) is 21.8 Å². The number of rotatable bonds is 23. The number of para-hydroxylation sites is 2. The Morgan fingerprint density at radius 2 is 1.06 bits per heavy atom. The van der Waals surface area contributed by atoms with E-state index < -0.39 is 71.6 Å². The largest absolute Gasteiger partial charge is 0.370 e. The maximum absolute atomic E-state index is 14.5. The molecule has 0 aliphatic rings. The Morgan fingerprint density at radius 1 is 0.591 bits per heavy atom. The second kappa shape index (κ2) is 24.0. The lowest BCUT2D eigenvalue weighted by Gasteiger charge is -2.28. The first-order valence-corrected chi connectivity index (χ1v) is 22.1. The summed E-state index contributed by atoms with van der Waals surface area (Å²) in [4.78, 5) is 106. The highest BCUT2D eigenvalue weighted by molar-refractivity contribution is 6.01. The fourth-order valence-electron chi connectivity index (χ4n) is 7.64. The zero-order chi connectivity index (χ0) is 47.8. The summed E-state index contributed by atoms with van der Waals surface area (Å²) < 4.78 is 0. The number of hydrogen-bond acceptors (Lipinski definition) is 8. The molecule has 0 bridgehead atoms. The van der Waals surface area contributed by atoms with E-state index in [0.29, 0.717) is 5.56 Å². The molecule has 350 valence electrons. The number of aromatic amines is 2. The van der Waals surface area contributed by atoms with E-state index in [4.69, 9.17) is 11.5 Å². The summed E-state index contributed by atoms with van der Waals surface area (Å²) in [5, 5.41) is 18.0. The molecule has 18 nitrogen and oxygen atoms in total. The zero-order valence-electron chi connectivity index (χ0n) is 37.7. The highest BCUT2D eigenvalue weighted by Gasteiger charge is 2.34. The monoisotopic (exact) mass is 903 g/mol. The number of nitrogens with zero attached hydrogens (tertiary/aromatic N) is 1. The van der Waals surface area contributed by atoms with Crippen molar-refractivity contribution in [3.8, 4) is 0 Å². The molecule has 12 N–H and O–H groups in total. The predicted octanol–water partition coefficient (Wildman–Crippen LogP) is 2.27. The molecule has 0 radical (unpaired) electrons. The average molecular weight is 904 g/mol. The zero-order valence-corrected chi connectivity index (χ0v) is 37.7. The standard InChI is InChI=1S/C48H61N11O7/c1-5-42(61)59-47(66)41(25-32-27-53-36-19-12-10-17-34(32)36)57-43(62)37(20-13-21-51-48(49)50)55-44(63)38(22-28(2)3)56-46(65)40(24-31-26-52-35-18-11-9-16-33(31)35)58-45(64)39(54-29(4)60)23-30-14-7-6-8-15-30/h6-12,14-19,26-28,37-41,52-53H,5,13,20-25H2,1-4H3,(H,54,60)(H,55,63)(H,56,65)(H,57,62)(H,58,64)(H4,49,50,51)(H,59,61,66)/t37-,38-,39+,40-,41-/m0/s1. The number of carbonyl (C=O) groups excluding carboxylic acids is 7. The third-order valence-corrected chi connectivity index (χ3v) is 10.9. The Bertz CT molecular complexity index is 2510. The van der Waals surface area contributed by atoms with Gasteiger partial charge >= 0.3 is 0 Å². The van der Waals surface area contributed by atoms with Gasteiger partial charge < -0.3 is 48.0 Å². The number of hydrogen-bond donors (Lipinski definition) is 10. The summed E-state index contributed by atoms with van der Waals surface area (Å²) in [5.41, 5.74) is 14.9. The minimum atomic E-state index is -1.25. The van der Waals surface area contributed by atoms with Crippen LogP contribution in [0.15, 0.2) is 96.2 Å². The van der Waals surface area contributed by atoms with Crippen LogP contribution in [-0.2, 0) is 52.8 Å². The molecular weight excluding hydrogens is 843 g/mol. The number of H-pyrrole nitrogens is 2. The lowest BCUT2D eigenvalue weighted by atomic mass is 9.99. The molecule has 2 aromatic heterocycles. The summed E-state index contributed by atoms with van der Waals surface area (Å²) in [6.45, 7) is 6.75. The number of nitrogens with one attached hydrogen (secondary N) is 8. The van der Waals surface area contributed by atoms with E-state index in [2.05, 4.69) is 46.9 Å². The second-order valence-electron chi connectivity index (χ2n) is 16.7. The molecule has 0 spiro atoms. The number of aliphatic imine (C=N–C) groups is 1. The minimum Gasteiger partial charge on any atom is -0.370 e. The van der Waals surface area contributed by atoms with Crippen molar-refractivity contribution in [2.24, 2.45) is 22.4 Å². The van der Waals surface area contributed by atoms with E-state index in [1.54, 1.807) is 19.3 Å². The highest BCUT2D eigenvalue weighted by Crippen LogP contribution is 2.21. The van der Waals surface area contributed by atoms with E-state index in [1.807, 2.05) is 92.7 Å². The molecule has 7 amide bonds.